The number of fused-ring (bicyclic) bond motifs is 12. The molecular formula is C82H90Br3N9O14S4. The molecule has 10 N–H and O–H groups in total. The number of aromatic nitrogens is 4. The number of esters is 3. The topological polar surface area (TPSA) is 333 Å². The number of ether oxygens (including phenoxy) is 7. The van der Waals surface area contributed by atoms with Crippen molar-refractivity contribution in [2.45, 2.75) is 183 Å². The fraction of sp³-hybridized carbons (Fsp3) is 0.439. The molecule has 1 amide bonds. The number of amides is 1. The lowest BCUT2D eigenvalue weighted by Gasteiger charge is -2.30. The number of hydrogen-bond acceptors (Lipinski definition) is 26. The van der Waals surface area contributed by atoms with Crippen molar-refractivity contribution in [1.82, 2.24) is 35.9 Å². The van der Waals surface area contributed by atoms with E-state index in [9.17, 15) is 29.4 Å². The van der Waals surface area contributed by atoms with Crippen molar-refractivity contribution in [1.29, 1.82) is 0 Å². The van der Waals surface area contributed by atoms with Gasteiger partial charge >= 0.3 is 17.9 Å². The first-order valence-corrected chi connectivity index (χ1v) is 42.5. The molecule has 112 heavy (non-hydrogen) atoms. The summed E-state index contributed by atoms with van der Waals surface area (Å²) in [6.07, 6.45) is 19.4. The van der Waals surface area contributed by atoms with Crippen LogP contribution in [0, 0.1) is 36.0 Å². The van der Waals surface area contributed by atoms with Gasteiger partial charge in [0.05, 0.1) is 86.6 Å². The number of thiazole rings is 4. The molecule has 8 aromatic rings. The van der Waals surface area contributed by atoms with Crippen LogP contribution in [-0.4, -0.2) is 148 Å². The van der Waals surface area contributed by atoms with Gasteiger partial charge in [-0.3, -0.25) is 4.79 Å². The molecule has 0 radical (unpaired) electrons. The number of methoxy groups -OCH3 is 3. The fourth-order valence-electron chi connectivity index (χ4n) is 11.9. The van der Waals surface area contributed by atoms with Crippen molar-refractivity contribution in [2.75, 3.05) is 47.8 Å². The van der Waals surface area contributed by atoms with Gasteiger partial charge in [0.15, 0.2) is 5.01 Å². The Bertz CT molecular complexity index is 4920. The minimum atomic E-state index is -1.08. The number of halogens is 3. The number of benzene rings is 4. The van der Waals surface area contributed by atoms with E-state index >= 15 is 0 Å². The first kappa shape index (κ1) is 85.2. The van der Waals surface area contributed by atoms with Crippen molar-refractivity contribution in [2.24, 2.45) is 11.5 Å². The summed E-state index contributed by atoms with van der Waals surface area (Å²) in [6, 6.07) is 24.9. The van der Waals surface area contributed by atoms with Crippen molar-refractivity contribution < 1.29 is 67.7 Å². The van der Waals surface area contributed by atoms with E-state index in [4.69, 9.17) is 56.2 Å². The minimum absolute atomic E-state index is 0.000387. The number of nitrogens with zero attached hydrogens (tertiary/aromatic N) is 4. The number of terminal acetylenes is 1. The molecule has 4 aliphatic carbocycles. The number of nitrogens with two attached hydrogens (primary N) is 2. The summed E-state index contributed by atoms with van der Waals surface area (Å²) < 4.78 is 40.3. The Labute approximate surface area is 693 Å². The molecule has 30 heteroatoms. The number of primary amides is 1. The Balaban J connectivity index is 0.000000142. The molecule has 4 fully saturated rings. The van der Waals surface area contributed by atoms with Gasteiger partial charge in [-0.25, -0.2) is 34.3 Å². The van der Waals surface area contributed by atoms with Crippen LogP contribution in [0.3, 0.4) is 0 Å². The van der Waals surface area contributed by atoms with Gasteiger partial charge in [0, 0.05) is 66.5 Å². The lowest BCUT2D eigenvalue weighted by molar-refractivity contribution is 0.0591. The van der Waals surface area contributed by atoms with E-state index in [1.54, 1.807) is 41.5 Å². The highest BCUT2D eigenvalue weighted by Gasteiger charge is 2.37. The van der Waals surface area contributed by atoms with Gasteiger partial charge in [-0.2, -0.15) is 0 Å². The number of alkyl halides is 1. The van der Waals surface area contributed by atoms with Gasteiger partial charge < -0.3 is 75.9 Å². The summed E-state index contributed by atoms with van der Waals surface area (Å²) in [4.78, 5) is 69.6. The maximum Gasteiger partial charge on any atom is 0.367 e. The molecule has 4 unspecified atom stereocenters. The van der Waals surface area contributed by atoms with Crippen molar-refractivity contribution >= 4 is 117 Å². The summed E-state index contributed by atoms with van der Waals surface area (Å²) in [7, 11) is 4.10. The molecule has 8 heterocycles. The van der Waals surface area contributed by atoms with Crippen LogP contribution in [0.25, 0.3) is 45.0 Å². The average Bonchev–Trinajstić information content (AvgIpc) is 1.64. The highest BCUT2D eigenvalue weighted by Crippen LogP contribution is 2.48. The lowest BCUT2D eigenvalue weighted by Crippen LogP contribution is -2.39. The van der Waals surface area contributed by atoms with Crippen LogP contribution in [0.5, 0.6) is 23.0 Å². The molecule has 4 saturated carbocycles. The second-order valence-corrected chi connectivity index (χ2v) is 36.3. The first-order valence-electron chi connectivity index (χ1n) is 36.7. The van der Waals surface area contributed by atoms with Crippen LogP contribution in [0.2, 0.25) is 0 Å². The standard InChI is InChI=1S/C22H24N2O4S.C21H23N3O3S.C17H17BrN2O3S.C13H9Br2NO3S.C5H8O.C4H9N/c1-22(2,26)10-9-13-7-8-17-15(11-13)18-19(29-20(24-18)21(25)27-3)16(12-28-17)23-14-5-4-6-14;1-21(2,26)9-8-12-6-7-16-14(10-12)17-18(28-20(24-17)19(22)25)15(11-27-16)23-13-4-3-5-13;1-22-17(21)16-20-14-11-7-9(18)5-6-13(11)23-8-12(15(14)24-16)19-10-3-2-4-10;1-18-13(17)12-16-10-7-4-6(14)2-3-9(7)19-5-8(15)11(10)20-12;1-4-5(2,3)6;5-4-2-1-3-4/h7-8,11,14,16,23,26H,4-6,12H2,1-3H3;6-7,10,13,15,23,26H,3-5,11H2,1-2H3,(H2,22,25);5-7,10,12,19H,2-4,8H2,1H3;2-4,8H,5H2,1H3;1,6H,2-3H3;4H,1-3,5H2. The molecule has 4 aliphatic heterocycles. The molecule has 16 rings (SSSR count). The predicted molar refractivity (Wildman–Crippen MR) is 446 cm³/mol. The minimum Gasteiger partial charge on any atom is -0.491 e. The smallest absolute Gasteiger partial charge is 0.367 e. The monoisotopic (exact) mass is 1790 g/mol. The lowest BCUT2D eigenvalue weighted by atomic mass is 9.92. The van der Waals surface area contributed by atoms with Crippen LogP contribution < -0.4 is 46.4 Å². The Morgan fingerprint density at radius 2 is 0.777 bits per heavy atom. The van der Waals surface area contributed by atoms with Crippen LogP contribution in [0.4, 0.5) is 0 Å². The molecule has 4 aromatic heterocycles. The third-order valence-electron chi connectivity index (χ3n) is 18.8. The van der Waals surface area contributed by atoms with Crippen LogP contribution in [0.15, 0.2) is 81.7 Å². The highest BCUT2D eigenvalue weighted by molar-refractivity contribution is 9.10. The molecule has 4 aromatic carbocycles. The maximum absolute atomic E-state index is 12.1. The van der Waals surface area contributed by atoms with Gasteiger partial charge in [0.1, 0.15) is 66.2 Å². The van der Waals surface area contributed by atoms with Crippen LogP contribution >= 0.6 is 93.1 Å². The summed E-state index contributed by atoms with van der Waals surface area (Å²) in [5.41, 5.74) is 15.7. The van der Waals surface area contributed by atoms with E-state index in [1.165, 1.54) is 118 Å². The molecule has 592 valence electrons. The highest BCUT2D eigenvalue weighted by atomic mass is 79.9. The zero-order valence-electron chi connectivity index (χ0n) is 63.5. The summed E-state index contributed by atoms with van der Waals surface area (Å²) in [6.45, 7) is 11.6. The van der Waals surface area contributed by atoms with E-state index in [2.05, 4.69) is 113 Å². The third-order valence-corrected chi connectivity index (χ3v) is 25.4. The van der Waals surface area contributed by atoms with E-state index in [-0.39, 0.29) is 23.0 Å². The molecule has 8 aliphatic rings. The fourth-order valence-corrected chi connectivity index (χ4v) is 17.3. The second-order valence-electron chi connectivity index (χ2n) is 29.2. The molecule has 0 saturated heterocycles. The predicted octanol–water partition coefficient (Wildman–Crippen LogP) is 14.9. The molecular weight excluding hydrogens is 1700 g/mol. The Kier molecular flexibility index (Phi) is 28.7. The second kappa shape index (κ2) is 37.7. The summed E-state index contributed by atoms with van der Waals surface area (Å²) in [5, 5.41) is 40.6. The SMILES string of the molecule is C#CC(C)(C)O.CC(C)(O)C#Cc1ccc2c(c1)-c1nc(C(N)=O)sc1C(NC1CCC1)CO2.COC(=O)c1nc2c(s1)C(Br)COc1ccc(Br)cc1-2.COC(=O)c1nc2c(s1)C(NC1CCC1)COc1ccc(Br)cc1-2.COC(=O)c1nc2c(s1)C(NC1CCC1)COc1ccc(C#CC(C)(C)O)cc1-2.NC1CCC1. The van der Waals surface area contributed by atoms with Gasteiger partial charge in [0.25, 0.3) is 5.91 Å². The van der Waals surface area contributed by atoms with Gasteiger partial charge in [-0.1, -0.05) is 103 Å². The van der Waals surface area contributed by atoms with Gasteiger partial charge in [0.2, 0.25) is 15.0 Å². The Hall–Kier alpha value is -7.68. The largest absolute Gasteiger partial charge is 0.491 e. The normalized spacial score (nSPS) is 18.2. The quantitative estimate of drug-likeness (QED) is 0.0273. The number of aliphatic hydroxyl groups is 3. The number of hydrogen-bond donors (Lipinski definition) is 8. The zero-order chi connectivity index (χ0) is 80.3. The number of nitrogens with one attached hydrogen (secondary N) is 3. The number of carbonyl (C=O) groups excluding carboxylic acids is 4. The van der Waals surface area contributed by atoms with Gasteiger partial charge in [-0.05, 0) is 166 Å². The van der Waals surface area contributed by atoms with Crippen molar-refractivity contribution in [3.63, 3.8) is 0 Å². The Morgan fingerprint density at radius 1 is 0.482 bits per heavy atom. The van der Waals surface area contributed by atoms with Crippen molar-refractivity contribution in [3.8, 4) is 104 Å². The van der Waals surface area contributed by atoms with Crippen LogP contribution in [0.1, 0.15) is 211 Å². The number of carbonyl (C=O) groups is 4. The van der Waals surface area contributed by atoms with Gasteiger partial charge in [-0.15, -0.1) is 51.8 Å². The van der Waals surface area contributed by atoms with E-state index < -0.39 is 40.6 Å². The summed E-state index contributed by atoms with van der Waals surface area (Å²) >= 11 is 15.9. The first-order chi connectivity index (χ1) is 53.3. The molecule has 0 bridgehead atoms. The maximum atomic E-state index is 12.1. The van der Waals surface area contributed by atoms with Crippen LogP contribution in [-0.2, 0) is 14.2 Å². The molecule has 23 nitrogen and oxygen atoms in total. The average molecular weight is 1790 g/mol. The number of rotatable bonds is 10. The summed E-state index contributed by atoms with van der Waals surface area (Å²) in [5.74, 6) is 15.0. The zero-order valence-corrected chi connectivity index (χ0v) is 71.5. The van der Waals surface area contributed by atoms with Crippen molar-refractivity contribution in [3.05, 3.63) is 132 Å². The third kappa shape index (κ3) is 22.2. The van der Waals surface area contributed by atoms with E-state index in [1.807, 2.05) is 72.8 Å². The molecule has 4 atom stereocenters. The molecule has 0 spiro atoms. The van der Waals surface area contributed by atoms with E-state index in [0.29, 0.717) is 82.1 Å². The Morgan fingerprint density at radius 3 is 1.07 bits per heavy atom. The van der Waals surface area contributed by atoms with E-state index in [0.717, 1.165) is 122 Å².